The summed E-state index contributed by atoms with van der Waals surface area (Å²) in [6.07, 6.45) is 1.92. The fraction of sp³-hybridized carbons (Fsp3) is 0.533. The van der Waals surface area contributed by atoms with E-state index >= 15 is 0 Å². The Morgan fingerprint density at radius 1 is 1.25 bits per heavy atom. The Labute approximate surface area is 119 Å². The third-order valence-electron chi connectivity index (χ3n) is 2.81. The van der Waals surface area contributed by atoms with Gasteiger partial charge in [0.05, 0.1) is 24.8 Å². The second kappa shape index (κ2) is 10.3. The van der Waals surface area contributed by atoms with Gasteiger partial charge in [-0.1, -0.05) is 0 Å². The van der Waals surface area contributed by atoms with Gasteiger partial charge in [0.1, 0.15) is 5.82 Å². The number of nitrogens with one attached hydrogen (secondary N) is 1. The Morgan fingerprint density at radius 2 is 2.10 bits per heavy atom. The predicted octanol–water partition coefficient (Wildman–Crippen LogP) is 2.23. The largest absolute Gasteiger partial charge is 0.382 e. The molecule has 20 heavy (non-hydrogen) atoms. The molecule has 0 radical (unpaired) electrons. The van der Waals surface area contributed by atoms with Crippen molar-refractivity contribution >= 4 is 0 Å². The zero-order chi connectivity index (χ0) is 14.6. The van der Waals surface area contributed by atoms with Crippen LogP contribution in [0.25, 0.3) is 0 Å². The minimum absolute atomic E-state index is 0.278. The van der Waals surface area contributed by atoms with Crippen LogP contribution in [0.15, 0.2) is 18.2 Å². The zero-order valence-corrected chi connectivity index (χ0v) is 11.8. The maximum Gasteiger partial charge on any atom is 0.127 e. The van der Waals surface area contributed by atoms with Gasteiger partial charge in [-0.15, -0.1) is 0 Å². The number of ether oxygens (including phenoxy) is 2. The number of hydrogen-bond donors (Lipinski definition) is 1. The van der Waals surface area contributed by atoms with E-state index in [2.05, 4.69) is 5.32 Å². The summed E-state index contributed by atoms with van der Waals surface area (Å²) in [7, 11) is 1.65. The van der Waals surface area contributed by atoms with Crippen molar-refractivity contribution in [2.75, 3.05) is 33.5 Å². The summed E-state index contributed by atoms with van der Waals surface area (Å²) in [5.41, 5.74) is 1.01. The molecule has 5 heteroatoms. The molecule has 1 aromatic rings. The molecule has 1 rings (SSSR count). The number of nitriles is 1. The van der Waals surface area contributed by atoms with Gasteiger partial charge < -0.3 is 14.8 Å². The number of halogens is 1. The SMILES string of the molecule is COCCOCCCCNCc1cc(C#N)ccc1F. The molecule has 1 aromatic carbocycles. The molecular weight excluding hydrogens is 259 g/mol. The Morgan fingerprint density at radius 3 is 2.85 bits per heavy atom. The van der Waals surface area contributed by atoms with Crippen LogP contribution in [0.2, 0.25) is 0 Å². The van der Waals surface area contributed by atoms with Crippen molar-refractivity contribution in [2.45, 2.75) is 19.4 Å². The van der Waals surface area contributed by atoms with Crippen LogP contribution >= 0.6 is 0 Å². The number of hydrogen-bond acceptors (Lipinski definition) is 4. The van der Waals surface area contributed by atoms with E-state index in [4.69, 9.17) is 14.7 Å². The second-order valence-electron chi connectivity index (χ2n) is 4.41. The summed E-state index contributed by atoms with van der Waals surface area (Å²) >= 11 is 0. The smallest absolute Gasteiger partial charge is 0.127 e. The van der Waals surface area contributed by atoms with Crippen LogP contribution in [-0.4, -0.2) is 33.5 Å². The first kappa shape index (κ1) is 16.6. The van der Waals surface area contributed by atoms with Gasteiger partial charge in [0.25, 0.3) is 0 Å². The summed E-state index contributed by atoms with van der Waals surface area (Å²) in [6, 6.07) is 6.40. The van der Waals surface area contributed by atoms with Crippen LogP contribution in [0, 0.1) is 17.1 Å². The molecule has 0 aromatic heterocycles. The summed E-state index contributed by atoms with van der Waals surface area (Å²) in [6.45, 7) is 3.18. The lowest BCUT2D eigenvalue weighted by atomic mass is 10.1. The molecule has 0 saturated carbocycles. The van der Waals surface area contributed by atoms with E-state index in [1.165, 1.54) is 12.1 Å². The van der Waals surface area contributed by atoms with Crippen LogP contribution < -0.4 is 5.32 Å². The van der Waals surface area contributed by atoms with Crippen LogP contribution in [0.5, 0.6) is 0 Å². The van der Waals surface area contributed by atoms with Gasteiger partial charge in [0.15, 0.2) is 0 Å². The van der Waals surface area contributed by atoms with Crippen LogP contribution in [0.1, 0.15) is 24.0 Å². The number of benzene rings is 1. The maximum absolute atomic E-state index is 13.5. The minimum Gasteiger partial charge on any atom is -0.382 e. The monoisotopic (exact) mass is 280 g/mol. The van der Waals surface area contributed by atoms with Gasteiger partial charge in [-0.05, 0) is 37.6 Å². The van der Waals surface area contributed by atoms with Gasteiger partial charge in [-0.25, -0.2) is 4.39 Å². The highest BCUT2D eigenvalue weighted by molar-refractivity contribution is 5.33. The molecule has 0 heterocycles. The molecule has 0 unspecified atom stereocenters. The highest BCUT2D eigenvalue weighted by Crippen LogP contribution is 2.09. The normalized spacial score (nSPS) is 10.4. The van der Waals surface area contributed by atoms with E-state index in [1.54, 1.807) is 13.2 Å². The van der Waals surface area contributed by atoms with Gasteiger partial charge >= 0.3 is 0 Å². The van der Waals surface area contributed by atoms with E-state index in [0.717, 1.165) is 19.4 Å². The summed E-state index contributed by atoms with van der Waals surface area (Å²) < 4.78 is 23.7. The van der Waals surface area contributed by atoms with Gasteiger partial charge in [-0.3, -0.25) is 0 Å². The van der Waals surface area contributed by atoms with Crippen molar-refractivity contribution in [1.29, 1.82) is 5.26 Å². The average Bonchev–Trinajstić information content (AvgIpc) is 2.47. The molecule has 110 valence electrons. The molecule has 0 aliphatic heterocycles. The molecule has 0 aliphatic carbocycles. The Kier molecular flexibility index (Phi) is 8.56. The van der Waals surface area contributed by atoms with Crippen molar-refractivity contribution in [3.8, 4) is 6.07 Å². The van der Waals surface area contributed by atoms with Gasteiger partial charge in [0.2, 0.25) is 0 Å². The van der Waals surface area contributed by atoms with Crippen molar-refractivity contribution < 1.29 is 13.9 Å². The van der Waals surface area contributed by atoms with Gasteiger partial charge in [0, 0.05) is 25.8 Å². The molecule has 0 fully saturated rings. The molecule has 0 saturated heterocycles. The number of unbranched alkanes of at least 4 members (excludes halogenated alkanes) is 1. The molecule has 0 atom stereocenters. The Hall–Kier alpha value is -1.48. The van der Waals surface area contributed by atoms with Crippen molar-refractivity contribution in [1.82, 2.24) is 5.32 Å². The highest BCUT2D eigenvalue weighted by Gasteiger charge is 2.02. The van der Waals surface area contributed by atoms with E-state index in [0.29, 0.717) is 37.5 Å². The molecule has 0 spiro atoms. The Bertz CT molecular complexity index is 432. The fourth-order valence-electron chi connectivity index (χ4n) is 1.70. The van der Waals surface area contributed by atoms with Crippen LogP contribution in [-0.2, 0) is 16.0 Å². The molecule has 0 amide bonds. The lowest BCUT2D eigenvalue weighted by Gasteiger charge is -2.07. The number of nitrogens with zero attached hydrogens (tertiary/aromatic N) is 1. The fourth-order valence-corrected chi connectivity index (χ4v) is 1.70. The molecule has 0 bridgehead atoms. The molecule has 0 aliphatic rings. The van der Waals surface area contributed by atoms with Crippen LogP contribution in [0.4, 0.5) is 4.39 Å². The lowest BCUT2D eigenvalue weighted by molar-refractivity contribution is 0.0688. The van der Waals surface area contributed by atoms with E-state index < -0.39 is 0 Å². The maximum atomic E-state index is 13.5. The number of rotatable bonds is 10. The van der Waals surface area contributed by atoms with Crippen molar-refractivity contribution in [2.24, 2.45) is 0 Å². The second-order valence-corrected chi connectivity index (χ2v) is 4.41. The predicted molar refractivity (Wildman–Crippen MR) is 74.8 cm³/mol. The first-order chi connectivity index (χ1) is 9.77. The van der Waals surface area contributed by atoms with Crippen molar-refractivity contribution in [3.63, 3.8) is 0 Å². The Balaban J connectivity index is 2.11. The standard InChI is InChI=1S/C15H21FN2O2/c1-19-8-9-20-7-3-2-6-18-12-14-10-13(11-17)4-5-15(14)16/h4-5,10,18H,2-3,6-9,12H2,1H3. The summed E-state index contributed by atoms with van der Waals surface area (Å²) in [5, 5.41) is 11.9. The average molecular weight is 280 g/mol. The molecular formula is C15H21FN2O2. The zero-order valence-electron chi connectivity index (χ0n) is 11.8. The quantitative estimate of drug-likeness (QED) is 0.668. The molecule has 4 nitrogen and oxygen atoms in total. The minimum atomic E-state index is -0.278. The first-order valence-corrected chi connectivity index (χ1v) is 6.74. The van der Waals surface area contributed by atoms with E-state index in [1.807, 2.05) is 6.07 Å². The highest BCUT2D eigenvalue weighted by atomic mass is 19.1. The third-order valence-corrected chi connectivity index (χ3v) is 2.81. The lowest BCUT2D eigenvalue weighted by Crippen LogP contribution is -2.16. The summed E-state index contributed by atoms with van der Waals surface area (Å²) in [4.78, 5) is 0. The molecule has 1 N–H and O–H groups in total. The summed E-state index contributed by atoms with van der Waals surface area (Å²) in [5.74, 6) is -0.278. The number of methoxy groups -OCH3 is 1. The van der Waals surface area contributed by atoms with E-state index in [-0.39, 0.29) is 5.82 Å². The third kappa shape index (κ3) is 6.62. The van der Waals surface area contributed by atoms with Crippen molar-refractivity contribution in [3.05, 3.63) is 35.1 Å². The topological polar surface area (TPSA) is 54.3 Å². The first-order valence-electron chi connectivity index (χ1n) is 6.74. The van der Waals surface area contributed by atoms with E-state index in [9.17, 15) is 4.39 Å². The van der Waals surface area contributed by atoms with Gasteiger partial charge in [-0.2, -0.15) is 5.26 Å². The van der Waals surface area contributed by atoms with Crippen LogP contribution in [0.3, 0.4) is 0 Å².